The van der Waals surface area contributed by atoms with Crippen molar-refractivity contribution in [1.82, 2.24) is 4.90 Å². The van der Waals surface area contributed by atoms with Crippen molar-refractivity contribution in [2.45, 2.75) is 57.1 Å². The Bertz CT molecular complexity index is 338. The number of likely N-dealkylation sites (tertiary alicyclic amines) is 1. The highest BCUT2D eigenvalue weighted by atomic mass is 16.5. The average molecular weight is 269 g/mol. The van der Waals surface area contributed by atoms with Crippen LogP contribution in [0, 0.1) is 5.92 Å². The van der Waals surface area contributed by atoms with Gasteiger partial charge in [-0.2, -0.15) is 0 Å². The van der Waals surface area contributed by atoms with Gasteiger partial charge in [0.1, 0.15) is 6.04 Å². The molecule has 1 saturated heterocycles. The number of carbonyl (C=O) groups excluding carboxylic acids is 2. The van der Waals surface area contributed by atoms with E-state index < -0.39 is 18.1 Å². The van der Waals surface area contributed by atoms with Crippen molar-refractivity contribution in [2.24, 2.45) is 5.92 Å². The van der Waals surface area contributed by atoms with E-state index in [9.17, 15) is 14.7 Å². The number of hydrogen-bond acceptors (Lipinski definition) is 4. The predicted molar refractivity (Wildman–Crippen MR) is 69.3 cm³/mol. The smallest absolute Gasteiger partial charge is 0.328 e. The second-order valence-electron chi connectivity index (χ2n) is 5.68. The zero-order valence-corrected chi connectivity index (χ0v) is 11.5. The average Bonchev–Trinajstić information content (AvgIpc) is 2.81. The number of ether oxygens (including phenoxy) is 1. The van der Waals surface area contributed by atoms with Gasteiger partial charge in [0.25, 0.3) is 0 Å². The number of nitrogens with zero attached hydrogens (tertiary/aromatic N) is 1. The molecule has 0 radical (unpaired) electrons. The molecule has 0 spiro atoms. The van der Waals surface area contributed by atoms with E-state index in [1.54, 1.807) is 0 Å². The number of β-amino-alcohol motifs (C(OH)–C–C–N with tert-alkyl or cyclic N) is 1. The van der Waals surface area contributed by atoms with E-state index in [4.69, 9.17) is 4.74 Å². The largest absolute Gasteiger partial charge is 0.467 e. The Kier molecular flexibility index (Phi) is 4.80. The van der Waals surface area contributed by atoms with Crippen molar-refractivity contribution >= 4 is 11.9 Å². The van der Waals surface area contributed by atoms with E-state index >= 15 is 0 Å². The van der Waals surface area contributed by atoms with Gasteiger partial charge >= 0.3 is 5.97 Å². The van der Waals surface area contributed by atoms with Crippen LogP contribution in [0.4, 0.5) is 0 Å². The molecule has 1 heterocycles. The Morgan fingerprint density at radius 1 is 1.26 bits per heavy atom. The van der Waals surface area contributed by atoms with E-state index in [2.05, 4.69) is 0 Å². The number of aliphatic hydroxyl groups excluding tert-OH is 1. The molecule has 1 N–H and O–H groups in total. The number of carbonyl (C=O) groups is 2. The van der Waals surface area contributed by atoms with Crippen LogP contribution in [-0.2, 0) is 14.3 Å². The van der Waals surface area contributed by atoms with Crippen molar-refractivity contribution in [2.75, 3.05) is 13.7 Å². The first-order chi connectivity index (χ1) is 9.11. The Hall–Kier alpha value is -1.10. The summed E-state index contributed by atoms with van der Waals surface area (Å²) in [5, 5.41) is 9.67. The maximum absolute atomic E-state index is 12.3. The summed E-state index contributed by atoms with van der Waals surface area (Å²) in [6, 6.07) is -0.601. The van der Waals surface area contributed by atoms with Crippen LogP contribution >= 0.6 is 0 Å². The maximum atomic E-state index is 12.3. The van der Waals surface area contributed by atoms with Crippen LogP contribution in [0.3, 0.4) is 0 Å². The molecule has 0 aromatic carbocycles. The topological polar surface area (TPSA) is 66.8 Å². The van der Waals surface area contributed by atoms with Gasteiger partial charge in [-0.3, -0.25) is 4.79 Å². The van der Waals surface area contributed by atoms with Crippen LogP contribution in [0.1, 0.15) is 44.9 Å². The van der Waals surface area contributed by atoms with E-state index in [1.807, 2.05) is 0 Å². The third-order valence-electron chi connectivity index (χ3n) is 4.26. The summed E-state index contributed by atoms with van der Waals surface area (Å²) in [6.07, 6.45) is 6.04. The van der Waals surface area contributed by atoms with Crippen molar-refractivity contribution in [3.05, 3.63) is 0 Å². The minimum atomic E-state index is -0.612. The van der Waals surface area contributed by atoms with E-state index in [1.165, 1.54) is 31.3 Å². The number of methoxy groups -OCH3 is 1. The third kappa shape index (κ3) is 3.47. The molecule has 5 heteroatoms. The Morgan fingerprint density at radius 3 is 2.58 bits per heavy atom. The molecule has 2 aliphatic rings. The van der Waals surface area contributed by atoms with E-state index in [0.29, 0.717) is 18.8 Å². The lowest BCUT2D eigenvalue weighted by atomic mass is 9.86. The summed E-state index contributed by atoms with van der Waals surface area (Å²) in [6.45, 7) is 0.255. The molecular weight excluding hydrogens is 246 g/mol. The van der Waals surface area contributed by atoms with Gasteiger partial charge in [-0.15, -0.1) is 0 Å². The Balaban J connectivity index is 1.94. The molecule has 1 amide bonds. The van der Waals surface area contributed by atoms with Gasteiger partial charge in [0.05, 0.1) is 13.2 Å². The van der Waals surface area contributed by atoms with Gasteiger partial charge in [-0.25, -0.2) is 4.79 Å². The first-order valence-corrected chi connectivity index (χ1v) is 7.17. The number of esters is 1. The summed E-state index contributed by atoms with van der Waals surface area (Å²) in [4.78, 5) is 25.4. The second-order valence-corrected chi connectivity index (χ2v) is 5.68. The number of rotatable bonds is 3. The van der Waals surface area contributed by atoms with Crippen LogP contribution < -0.4 is 0 Å². The highest BCUT2D eigenvalue weighted by Gasteiger charge is 2.39. The van der Waals surface area contributed by atoms with Gasteiger partial charge in [-0.1, -0.05) is 19.3 Å². The number of amides is 1. The maximum Gasteiger partial charge on any atom is 0.328 e. The molecule has 1 aliphatic carbocycles. The molecule has 2 atom stereocenters. The molecule has 5 nitrogen and oxygen atoms in total. The first-order valence-electron chi connectivity index (χ1n) is 7.17. The van der Waals surface area contributed by atoms with Crippen molar-refractivity contribution in [1.29, 1.82) is 0 Å². The third-order valence-corrected chi connectivity index (χ3v) is 4.26. The fraction of sp³-hybridized carbons (Fsp3) is 0.857. The quantitative estimate of drug-likeness (QED) is 0.779. The Labute approximate surface area is 113 Å². The summed E-state index contributed by atoms with van der Waals surface area (Å²) >= 11 is 0. The lowest BCUT2D eigenvalue weighted by Crippen LogP contribution is -2.42. The highest BCUT2D eigenvalue weighted by molar-refractivity contribution is 5.85. The molecule has 1 saturated carbocycles. The van der Waals surface area contributed by atoms with Gasteiger partial charge in [0.2, 0.25) is 5.91 Å². The van der Waals surface area contributed by atoms with Crippen molar-refractivity contribution in [3.8, 4) is 0 Å². The van der Waals surface area contributed by atoms with E-state index in [-0.39, 0.29) is 12.5 Å². The minimum Gasteiger partial charge on any atom is -0.467 e. The zero-order valence-electron chi connectivity index (χ0n) is 11.5. The first kappa shape index (κ1) is 14.3. The molecule has 2 rings (SSSR count). The molecule has 0 aromatic heterocycles. The fourth-order valence-electron chi connectivity index (χ4n) is 3.20. The predicted octanol–water partition coefficient (Wildman–Crippen LogP) is 1.09. The lowest BCUT2D eigenvalue weighted by molar-refractivity contribution is -0.151. The number of hydrogen-bond donors (Lipinski definition) is 1. The lowest BCUT2D eigenvalue weighted by Gasteiger charge is -2.26. The van der Waals surface area contributed by atoms with E-state index in [0.717, 1.165) is 12.8 Å². The summed E-state index contributed by atoms with van der Waals surface area (Å²) in [5.74, 6) is 0.00434. The van der Waals surface area contributed by atoms with Crippen LogP contribution in [0.2, 0.25) is 0 Å². The van der Waals surface area contributed by atoms with Crippen LogP contribution in [0.5, 0.6) is 0 Å². The van der Waals surface area contributed by atoms with Gasteiger partial charge in [-0.05, 0) is 18.8 Å². The van der Waals surface area contributed by atoms with Crippen molar-refractivity contribution < 1.29 is 19.4 Å². The summed E-state index contributed by atoms with van der Waals surface area (Å²) in [7, 11) is 1.32. The standard InChI is InChI=1S/C14H23NO4/c1-19-14(18)12-8-11(16)9-15(12)13(17)7-10-5-3-2-4-6-10/h10-12,16H,2-9H2,1H3. The highest BCUT2D eigenvalue weighted by Crippen LogP contribution is 2.28. The summed E-state index contributed by atoms with van der Waals surface area (Å²) in [5.41, 5.74) is 0. The molecule has 108 valence electrons. The molecule has 1 aliphatic heterocycles. The normalized spacial score (nSPS) is 28.4. The molecule has 0 bridgehead atoms. The van der Waals surface area contributed by atoms with Crippen molar-refractivity contribution in [3.63, 3.8) is 0 Å². The molecule has 0 aromatic rings. The van der Waals surface area contributed by atoms with Gasteiger partial charge < -0.3 is 14.7 Å². The Morgan fingerprint density at radius 2 is 1.95 bits per heavy atom. The molecule has 19 heavy (non-hydrogen) atoms. The van der Waals surface area contributed by atoms with Crippen LogP contribution in [0.15, 0.2) is 0 Å². The monoisotopic (exact) mass is 269 g/mol. The van der Waals surface area contributed by atoms with Gasteiger partial charge in [0.15, 0.2) is 0 Å². The SMILES string of the molecule is COC(=O)C1CC(O)CN1C(=O)CC1CCCCC1. The van der Waals surface area contributed by atoms with Crippen LogP contribution in [0.25, 0.3) is 0 Å². The van der Waals surface area contributed by atoms with Gasteiger partial charge in [0, 0.05) is 19.4 Å². The zero-order chi connectivity index (χ0) is 13.8. The van der Waals surface area contributed by atoms with Crippen LogP contribution in [-0.4, -0.2) is 47.7 Å². The second kappa shape index (κ2) is 6.37. The molecule has 2 unspecified atom stereocenters. The summed E-state index contributed by atoms with van der Waals surface area (Å²) < 4.78 is 4.71. The minimum absolute atomic E-state index is 0.0150. The number of aliphatic hydroxyl groups is 1. The fourth-order valence-corrected chi connectivity index (χ4v) is 3.20. The molecular formula is C14H23NO4. The molecule has 2 fully saturated rings.